The summed E-state index contributed by atoms with van der Waals surface area (Å²) in [7, 11) is 0. The number of amides is 1. The fraction of sp³-hybridized carbons (Fsp3) is 0.211. The lowest BCUT2D eigenvalue weighted by Crippen LogP contribution is -2.29. The van der Waals surface area contributed by atoms with Gasteiger partial charge in [0, 0.05) is 27.9 Å². The Balaban J connectivity index is 1.67. The molecular formula is C19H18BrNO2S. The number of carbonyl (C=O) groups excluding carboxylic acids is 1. The standard InChI is InChI=1S/C19H18BrNO2S/c20-18-6-2-1-4-16(18)7-8-19(22)21(12-15-9-10-23-14-15)13-17-5-3-11-24-17/h1-6,9-11,14H,7-8,12-13H2. The molecule has 0 bridgehead atoms. The molecule has 24 heavy (non-hydrogen) atoms. The number of hydrogen-bond donors (Lipinski definition) is 0. The normalized spacial score (nSPS) is 10.7. The van der Waals surface area contributed by atoms with E-state index in [1.165, 1.54) is 4.88 Å². The van der Waals surface area contributed by atoms with Crippen molar-refractivity contribution in [3.63, 3.8) is 0 Å². The van der Waals surface area contributed by atoms with Crippen LogP contribution in [-0.2, 0) is 24.3 Å². The molecule has 3 rings (SSSR count). The van der Waals surface area contributed by atoms with Crippen LogP contribution in [0.1, 0.15) is 22.4 Å². The first-order chi connectivity index (χ1) is 11.7. The summed E-state index contributed by atoms with van der Waals surface area (Å²) in [4.78, 5) is 15.8. The maximum Gasteiger partial charge on any atom is 0.223 e. The number of nitrogens with zero attached hydrogens (tertiary/aromatic N) is 1. The van der Waals surface area contributed by atoms with Crippen molar-refractivity contribution in [2.75, 3.05) is 0 Å². The fourth-order valence-electron chi connectivity index (χ4n) is 2.53. The summed E-state index contributed by atoms with van der Waals surface area (Å²) < 4.78 is 6.19. The third-order valence-electron chi connectivity index (χ3n) is 3.80. The number of benzene rings is 1. The highest BCUT2D eigenvalue weighted by Crippen LogP contribution is 2.20. The number of rotatable bonds is 7. The predicted molar refractivity (Wildman–Crippen MR) is 99.7 cm³/mol. The van der Waals surface area contributed by atoms with Crippen LogP contribution in [0.3, 0.4) is 0 Å². The zero-order valence-electron chi connectivity index (χ0n) is 13.2. The Labute approximate surface area is 154 Å². The fourth-order valence-corrected chi connectivity index (χ4v) is 3.73. The first kappa shape index (κ1) is 17.0. The molecule has 0 radical (unpaired) electrons. The lowest BCUT2D eigenvalue weighted by molar-refractivity contribution is -0.132. The van der Waals surface area contributed by atoms with Crippen LogP contribution in [0.15, 0.2) is 69.3 Å². The molecule has 124 valence electrons. The minimum absolute atomic E-state index is 0.153. The summed E-state index contributed by atoms with van der Waals surface area (Å²) in [5.74, 6) is 0.153. The van der Waals surface area contributed by atoms with Gasteiger partial charge in [-0.2, -0.15) is 0 Å². The highest BCUT2D eigenvalue weighted by Gasteiger charge is 2.16. The van der Waals surface area contributed by atoms with Crippen LogP contribution in [0.5, 0.6) is 0 Å². The molecule has 0 fully saturated rings. The van der Waals surface area contributed by atoms with Crippen molar-refractivity contribution in [1.82, 2.24) is 4.90 Å². The average molecular weight is 404 g/mol. The van der Waals surface area contributed by atoms with Crippen LogP contribution in [0.2, 0.25) is 0 Å². The van der Waals surface area contributed by atoms with E-state index in [9.17, 15) is 4.79 Å². The van der Waals surface area contributed by atoms with E-state index < -0.39 is 0 Å². The van der Waals surface area contributed by atoms with Crippen LogP contribution in [-0.4, -0.2) is 10.8 Å². The number of thiophene rings is 1. The molecular weight excluding hydrogens is 386 g/mol. The second kappa shape index (κ2) is 8.31. The van der Waals surface area contributed by atoms with E-state index >= 15 is 0 Å². The molecule has 3 aromatic rings. The Morgan fingerprint density at radius 1 is 1.12 bits per heavy atom. The van der Waals surface area contributed by atoms with Crippen molar-refractivity contribution in [3.05, 3.63) is 80.8 Å². The van der Waals surface area contributed by atoms with Crippen molar-refractivity contribution < 1.29 is 9.21 Å². The Morgan fingerprint density at radius 3 is 2.71 bits per heavy atom. The van der Waals surface area contributed by atoms with Gasteiger partial charge in [-0.1, -0.05) is 40.2 Å². The highest BCUT2D eigenvalue weighted by molar-refractivity contribution is 9.10. The van der Waals surface area contributed by atoms with Gasteiger partial charge in [0.25, 0.3) is 0 Å². The van der Waals surface area contributed by atoms with Gasteiger partial charge in [0.2, 0.25) is 5.91 Å². The van der Waals surface area contributed by atoms with Crippen molar-refractivity contribution in [2.24, 2.45) is 0 Å². The minimum atomic E-state index is 0.153. The summed E-state index contributed by atoms with van der Waals surface area (Å²) in [5.41, 5.74) is 2.17. The molecule has 0 atom stereocenters. The van der Waals surface area contributed by atoms with E-state index in [2.05, 4.69) is 28.1 Å². The van der Waals surface area contributed by atoms with Crippen molar-refractivity contribution in [1.29, 1.82) is 0 Å². The first-order valence-electron chi connectivity index (χ1n) is 7.77. The van der Waals surface area contributed by atoms with Crippen LogP contribution < -0.4 is 0 Å². The largest absolute Gasteiger partial charge is 0.472 e. The molecule has 0 aliphatic heterocycles. The van der Waals surface area contributed by atoms with E-state index in [-0.39, 0.29) is 5.91 Å². The monoisotopic (exact) mass is 403 g/mol. The van der Waals surface area contributed by atoms with Crippen LogP contribution >= 0.6 is 27.3 Å². The lowest BCUT2D eigenvalue weighted by atomic mass is 10.1. The molecule has 0 aliphatic rings. The van der Waals surface area contributed by atoms with Gasteiger partial charge in [0.15, 0.2) is 0 Å². The smallest absolute Gasteiger partial charge is 0.223 e. The van der Waals surface area contributed by atoms with E-state index in [1.807, 2.05) is 40.6 Å². The third-order valence-corrected chi connectivity index (χ3v) is 5.43. The molecule has 0 unspecified atom stereocenters. The Kier molecular flexibility index (Phi) is 5.88. The van der Waals surface area contributed by atoms with Gasteiger partial charge in [-0.05, 0) is 35.6 Å². The second-order valence-electron chi connectivity index (χ2n) is 5.55. The van der Waals surface area contributed by atoms with Crippen LogP contribution in [0.4, 0.5) is 0 Å². The van der Waals surface area contributed by atoms with Gasteiger partial charge < -0.3 is 9.32 Å². The summed E-state index contributed by atoms with van der Waals surface area (Å²) in [6.45, 7) is 1.21. The summed E-state index contributed by atoms with van der Waals surface area (Å²) in [6.07, 6.45) is 4.56. The first-order valence-corrected chi connectivity index (χ1v) is 9.44. The molecule has 0 saturated heterocycles. The van der Waals surface area contributed by atoms with Gasteiger partial charge in [-0.3, -0.25) is 4.79 Å². The Morgan fingerprint density at radius 2 is 2.00 bits per heavy atom. The van der Waals surface area contributed by atoms with Gasteiger partial charge >= 0.3 is 0 Å². The summed E-state index contributed by atoms with van der Waals surface area (Å²) in [5, 5.41) is 2.04. The zero-order valence-corrected chi connectivity index (χ0v) is 15.6. The van der Waals surface area contributed by atoms with Gasteiger partial charge in [0.1, 0.15) is 0 Å². The van der Waals surface area contributed by atoms with Gasteiger partial charge in [0.05, 0.1) is 19.1 Å². The van der Waals surface area contributed by atoms with Crippen molar-refractivity contribution in [3.8, 4) is 0 Å². The van der Waals surface area contributed by atoms with E-state index in [0.717, 1.165) is 22.0 Å². The second-order valence-corrected chi connectivity index (χ2v) is 7.44. The third kappa shape index (κ3) is 4.58. The van der Waals surface area contributed by atoms with Crippen molar-refractivity contribution in [2.45, 2.75) is 25.9 Å². The SMILES string of the molecule is O=C(CCc1ccccc1Br)N(Cc1ccoc1)Cc1cccs1. The molecule has 0 saturated carbocycles. The molecule has 2 heterocycles. The maximum atomic E-state index is 12.8. The lowest BCUT2D eigenvalue weighted by Gasteiger charge is -2.22. The molecule has 0 aliphatic carbocycles. The Hall–Kier alpha value is -1.85. The molecule has 1 aromatic carbocycles. The quantitative estimate of drug-likeness (QED) is 0.538. The van der Waals surface area contributed by atoms with Crippen molar-refractivity contribution >= 4 is 33.2 Å². The molecule has 2 aromatic heterocycles. The molecule has 0 spiro atoms. The van der Waals surface area contributed by atoms with E-state index in [4.69, 9.17) is 4.42 Å². The van der Waals surface area contributed by atoms with E-state index in [0.29, 0.717) is 19.5 Å². The molecule has 5 heteroatoms. The van der Waals surface area contributed by atoms with Gasteiger partial charge in [-0.15, -0.1) is 11.3 Å². The zero-order chi connectivity index (χ0) is 16.8. The van der Waals surface area contributed by atoms with Gasteiger partial charge in [-0.25, -0.2) is 0 Å². The summed E-state index contributed by atoms with van der Waals surface area (Å²) >= 11 is 5.22. The Bertz CT molecular complexity index is 732. The van der Waals surface area contributed by atoms with Crippen LogP contribution in [0, 0.1) is 0 Å². The average Bonchev–Trinajstić information content (AvgIpc) is 3.27. The maximum absolute atomic E-state index is 12.8. The predicted octanol–water partition coefficient (Wildman–Crippen LogP) is 5.27. The highest BCUT2D eigenvalue weighted by atomic mass is 79.9. The number of aryl methyl sites for hydroxylation is 1. The number of hydrogen-bond acceptors (Lipinski definition) is 3. The molecule has 0 N–H and O–H groups in total. The summed E-state index contributed by atoms with van der Waals surface area (Å²) in [6, 6.07) is 14.0. The number of furan rings is 1. The number of halogens is 1. The number of carbonyl (C=O) groups is 1. The topological polar surface area (TPSA) is 33.5 Å². The van der Waals surface area contributed by atoms with E-state index in [1.54, 1.807) is 23.9 Å². The molecule has 1 amide bonds. The van der Waals surface area contributed by atoms with Crippen LogP contribution in [0.25, 0.3) is 0 Å². The molecule has 3 nitrogen and oxygen atoms in total. The minimum Gasteiger partial charge on any atom is -0.472 e.